The Kier molecular flexibility index (Phi) is 5.53. The summed E-state index contributed by atoms with van der Waals surface area (Å²) < 4.78 is 11.6. The van der Waals surface area contributed by atoms with Gasteiger partial charge in [0.05, 0.1) is 25.7 Å². The van der Waals surface area contributed by atoms with E-state index in [0.29, 0.717) is 26.1 Å². The molecule has 3 heterocycles. The van der Waals surface area contributed by atoms with Crippen molar-refractivity contribution >= 4 is 17.5 Å². The number of fused-ring (bicyclic) bond motifs is 1. The summed E-state index contributed by atoms with van der Waals surface area (Å²) in [5.74, 6) is 1.88. The molecule has 6 heteroatoms. The third kappa shape index (κ3) is 4.11. The molecule has 2 fully saturated rings. The first-order chi connectivity index (χ1) is 15.2. The van der Waals surface area contributed by atoms with Crippen LogP contribution in [0.25, 0.3) is 0 Å². The summed E-state index contributed by atoms with van der Waals surface area (Å²) in [7, 11) is 0. The van der Waals surface area contributed by atoms with E-state index >= 15 is 0 Å². The molecule has 2 aromatic carbocycles. The van der Waals surface area contributed by atoms with Gasteiger partial charge in [0.25, 0.3) is 0 Å². The van der Waals surface area contributed by atoms with E-state index in [-0.39, 0.29) is 17.9 Å². The van der Waals surface area contributed by atoms with Gasteiger partial charge in [0.2, 0.25) is 11.8 Å². The van der Waals surface area contributed by atoms with Crippen LogP contribution in [0.1, 0.15) is 49.3 Å². The topological polar surface area (TPSA) is 59.1 Å². The van der Waals surface area contributed by atoms with Gasteiger partial charge in [-0.05, 0) is 54.7 Å². The quantitative estimate of drug-likeness (QED) is 0.753. The minimum Gasteiger partial charge on any atom is -0.490 e. The fraction of sp³-hybridized carbons (Fsp3) is 0.440. The Morgan fingerprint density at radius 3 is 2.52 bits per heavy atom. The minimum atomic E-state index is 0.0751. The maximum atomic E-state index is 13.1. The summed E-state index contributed by atoms with van der Waals surface area (Å²) in [4.78, 5) is 28.9. The molecule has 3 aliphatic rings. The molecule has 5 rings (SSSR count). The van der Waals surface area contributed by atoms with E-state index in [1.807, 2.05) is 46.2 Å². The Morgan fingerprint density at radius 1 is 0.935 bits per heavy atom. The average Bonchev–Trinajstić information content (AvgIpc) is 3.38. The average molecular weight is 421 g/mol. The first-order valence-electron chi connectivity index (χ1n) is 11.3. The van der Waals surface area contributed by atoms with Gasteiger partial charge in [0.1, 0.15) is 0 Å². The Labute approximate surface area is 182 Å². The monoisotopic (exact) mass is 420 g/mol. The molecule has 0 aliphatic carbocycles. The number of anilines is 1. The molecule has 2 aromatic rings. The van der Waals surface area contributed by atoms with E-state index in [1.54, 1.807) is 0 Å². The van der Waals surface area contributed by atoms with Gasteiger partial charge in [-0.25, -0.2) is 0 Å². The van der Waals surface area contributed by atoms with Crippen LogP contribution in [0.5, 0.6) is 11.5 Å². The van der Waals surface area contributed by atoms with E-state index in [1.165, 1.54) is 0 Å². The minimum absolute atomic E-state index is 0.0751. The SMILES string of the molecule is O=C1CCCN1c1ccc(CC(=O)N2CCC[C@@H]2c2ccc3c(c2)OCCCO3)cc1. The fourth-order valence-electron chi connectivity index (χ4n) is 4.79. The van der Waals surface area contributed by atoms with E-state index < -0.39 is 0 Å². The molecule has 0 spiro atoms. The largest absolute Gasteiger partial charge is 0.490 e. The van der Waals surface area contributed by atoms with Gasteiger partial charge >= 0.3 is 0 Å². The number of carbonyl (C=O) groups excluding carboxylic acids is 2. The smallest absolute Gasteiger partial charge is 0.227 e. The Balaban J connectivity index is 1.28. The summed E-state index contributed by atoms with van der Waals surface area (Å²) in [5, 5.41) is 0. The summed E-state index contributed by atoms with van der Waals surface area (Å²) >= 11 is 0. The second-order valence-electron chi connectivity index (χ2n) is 8.49. The van der Waals surface area contributed by atoms with E-state index in [2.05, 4.69) is 6.07 Å². The van der Waals surface area contributed by atoms with Crippen LogP contribution in [0, 0.1) is 0 Å². The third-order valence-electron chi connectivity index (χ3n) is 6.41. The Hall–Kier alpha value is -3.02. The highest BCUT2D eigenvalue weighted by atomic mass is 16.5. The first-order valence-corrected chi connectivity index (χ1v) is 11.3. The van der Waals surface area contributed by atoms with Crippen molar-refractivity contribution < 1.29 is 19.1 Å². The highest BCUT2D eigenvalue weighted by Gasteiger charge is 2.31. The lowest BCUT2D eigenvalue weighted by Crippen LogP contribution is -2.31. The van der Waals surface area contributed by atoms with Crippen LogP contribution in [0.15, 0.2) is 42.5 Å². The second kappa shape index (κ2) is 8.61. The Bertz CT molecular complexity index is 972. The standard InChI is InChI=1S/C25H28N2O4/c28-24-5-2-12-26(24)20-9-6-18(7-10-20)16-25(29)27-13-1-4-21(27)19-8-11-22-23(17-19)31-15-3-14-30-22/h6-11,17,21H,1-5,12-16H2/t21-/m1/s1. The number of carbonyl (C=O) groups is 2. The molecule has 0 N–H and O–H groups in total. The predicted octanol–water partition coefficient (Wildman–Crippen LogP) is 3.88. The van der Waals surface area contributed by atoms with Crippen molar-refractivity contribution in [3.05, 3.63) is 53.6 Å². The summed E-state index contributed by atoms with van der Waals surface area (Å²) in [6, 6.07) is 14.0. The van der Waals surface area contributed by atoms with Crippen LogP contribution in [0.4, 0.5) is 5.69 Å². The molecule has 3 aliphatic heterocycles. The second-order valence-corrected chi connectivity index (χ2v) is 8.49. The number of likely N-dealkylation sites (tertiary alicyclic amines) is 1. The molecule has 0 unspecified atom stereocenters. The number of nitrogens with zero attached hydrogens (tertiary/aromatic N) is 2. The van der Waals surface area contributed by atoms with Gasteiger partial charge in [0.15, 0.2) is 11.5 Å². The van der Waals surface area contributed by atoms with Crippen LogP contribution in [-0.2, 0) is 16.0 Å². The van der Waals surface area contributed by atoms with E-state index in [4.69, 9.17) is 9.47 Å². The van der Waals surface area contributed by atoms with Gasteiger partial charge < -0.3 is 19.3 Å². The highest BCUT2D eigenvalue weighted by Crippen LogP contribution is 2.38. The molecule has 0 saturated carbocycles. The molecule has 2 amide bonds. The van der Waals surface area contributed by atoms with Crippen molar-refractivity contribution in [2.24, 2.45) is 0 Å². The van der Waals surface area contributed by atoms with Crippen molar-refractivity contribution in [1.82, 2.24) is 4.90 Å². The maximum Gasteiger partial charge on any atom is 0.227 e. The van der Waals surface area contributed by atoms with Gasteiger partial charge in [0, 0.05) is 31.6 Å². The highest BCUT2D eigenvalue weighted by molar-refractivity contribution is 5.95. The van der Waals surface area contributed by atoms with Crippen LogP contribution >= 0.6 is 0 Å². The van der Waals surface area contributed by atoms with Crippen molar-refractivity contribution in [3.8, 4) is 11.5 Å². The molecule has 0 radical (unpaired) electrons. The maximum absolute atomic E-state index is 13.1. The first kappa shape index (κ1) is 19.9. The summed E-state index contributed by atoms with van der Waals surface area (Å²) in [6.07, 6.45) is 4.74. The number of benzene rings is 2. The van der Waals surface area contributed by atoms with Crippen LogP contribution < -0.4 is 14.4 Å². The zero-order valence-electron chi connectivity index (χ0n) is 17.7. The lowest BCUT2D eigenvalue weighted by Gasteiger charge is -2.26. The molecule has 162 valence electrons. The molecule has 0 bridgehead atoms. The van der Waals surface area contributed by atoms with Crippen molar-refractivity contribution in [2.75, 3.05) is 31.2 Å². The number of ether oxygens (including phenoxy) is 2. The van der Waals surface area contributed by atoms with Crippen LogP contribution in [0.3, 0.4) is 0 Å². The Morgan fingerprint density at radius 2 is 1.74 bits per heavy atom. The molecular weight excluding hydrogens is 392 g/mol. The fourth-order valence-corrected chi connectivity index (χ4v) is 4.79. The van der Waals surface area contributed by atoms with Gasteiger partial charge in [-0.3, -0.25) is 9.59 Å². The number of rotatable bonds is 4. The van der Waals surface area contributed by atoms with Gasteiger partial charge in [-0.15, -0.1) is 0 Å². The van der Waals surface area contributed by atoms with Crippen molar-refractivity contribution in [1.29, 1.82) is 0 Å². The normalized spacial score (nSPS) is 20.8. The molecule has 1 atom stereocenters. The lowest BCUT2D eigenvalue weighted by atomic mass is 10.0. The predicted molar refractivity (Wildman–Crippen MR) is 117 cm³/mol. The molecule has 6 nitrogen and oxygen atoms in total. The summed E-state index contributed by atoms with van der Waals surface area (Å²) in [5.41, 5.74) is 3.01. The third-order valence-corrected chi connectivity index (χ3v) is 6.41. The molecule has 2 saturated heterocycles. The van der Waals surface area contributed by atoms with E-state index in [0.717, 1.165) is 67.1 Å². The van der Waals surface area contributed by atoms with Crippen LogP contribution in [-0.4, -0.2) is 43.0 Å². The summed E-state index contributed by atoms with van der Waals surface area (Å²) in [6.45, 7) is 2.88. The number of hydrogen-bond donors (Lipinski definition) is 0. The zero-order chi connectivity index (χ0) is 21.2. The van der Waals surface area contributed by atoms with Crippen molar-refractivity contribution in [2.45, 2.75) is 44.6 Å². The number of amides is 2. The molecule has 31 heavy (non-hydrogen) atoms. The molecule has 0 aromatic heterocycles. The zero-order valence-corrected chi connectivity index (χ0v) is 17.7. The van der Waals surface area contributed by atoms with Gasteiger partial charge in [-0.1, -0.05) is 18.2 Å². The van der Waals surface area contributed by atoms with Crippen LogP contribution in [0.2, 0.25) is 0 Å². The molecular formula is C25H28N2O4. The van der Waals surface area contributed by atoms with Crippen molar-refractivity contribution in [3.63, 3.8) is 0 Å². The van der Waals surface area contributed by atoms with E-state index in [9.17, 15) is 9.59 Å². The number of hydrogen-bond acceptors (Lipinski definition) is 4. The lowest BCUT2D eigenvalue weighted by molar-refractivity contribution is -0.131. The van der Waals surface area contributed by atoms with Gasteiger partial charge in [-0.2, -0.15) is 0 Å².